The van der Waals surface area contributed by atoms with Gasteiger partial charge in [0.05, 0.1) is 29.6 Å². The number of hydrogen-bond donors (Lipinski definition) is 0. The summed E-state index contributed by atoms with van der Waals surface area (Å²) in [7, 11) is 1.68. The molecule has 0 saturated heterocycles. The van der Waals surface area contributed by atoms with Gasteiger partial charge in [0, 0.05) is 7.11 Å². The molecule has 0 bridgehead atoms. The van der Waals surface area contributed by atoms with Crippen LogP contribution in [-0.2, 0) is 17.2 Å². The van der Waals surface area contributed by atoms with Gasteiger partial charge in [-0.1, -0.05) is 6.07 Å². The lowest BCUT2D eigenvalue weighted by Crippen LogP contribution is -2.08. The summed E-state index contributed by atoms with van der Waals surface area (Å²) in [5.41, 5.74) is 2.02. The van der Waals surface area contributed by atoms with Crippen LogP contribution in [0.3, 0.4) is 0 Å². The molecule has 2 rings (SSSR count). The molecule has 0 aliphatic rings. The van der Waals surface area contributed by atoms with Crippen molar-refractivity contribution < 1.29 is 4.74 Å². The van der Waals surface area contributed by atoms with Gasteiger partial charge < -0.3 is 4.74 Å². The quantitative estimate of drug-likeness (QED) is 0.769. The maximum Gasteiger partial charge on any atom is 0.103 e. The standard InChI is InChI=1S/C11H13ClN2OS/c1-15-5-4-14-9(8-12)7-10(13-14)11-3-2-6-16-11/h2-3,6-7H,4-5,8H2,1H3. The minimum atomic E-state index is 0.474. The highest BCUT2D eigenvalue weighted by Crippen LogP contribution is 2.24. The highest BCUT2D eigenvalue weighted by molar-refractivity contribution is 7.13. The van der Waals surface area contributed by atoms with E-state index in [0.29, 0.717) is 12.5 Å². The maximum atomic E-state index is 5.89. The van der Waals surface area contributed by atoms with Gasteiger partial charge in [-0.25, -0.2) is 0 Å². The summed E-state index contributed by atoms with van der Waals surface area (Å²) in [6, 6.07) is 6.12. The summed E-state index contributed by atoms with van der Waals surface area (Å²) in [5, 5.41) is 6.57. The van der Waals surface area contributed by atoms with Gasteiger partial charge in [-0.3, -0.25) is 4.68 Å². The Morgan fingerprint density at radius 3 is 3.06 bits per heavy atom. The molecule has 0 unspecified atom stereocenters. The van der Waals surface area contributed by atoms with Crippen LogP contribution >= 0.6 is 22.9 Å². The second-order valence-corrected chi connectivity index (χ2v) is 4.56. The zero-order chi connectivity index (χ0) is 11.4. The molecule has 0 N–H and O–H groups in total. The van der Waals surface area contributed by atoms with Crippen molar-refractivity contribution >= 4 is 22.9 Å². The van der Waals surface area contributed by atoms with Crippen LogP contribution in [0.25, 0.3) is 10.6 Å². The Hall–Kier alpha value is -0.840. The normalized spacial score (nSPS) is 10.9. The summed E-state index contributed by atoms with van der Waals surface area (Å²) in [4.78, 5) is 1.17. The molecule has 0 spiro atoms. The zero-order valence-electron chi connectivity index (χ0n) is 9.02. The lowest BCUT2D eigenvalue weighted by molar-refractivity contribution is 0.183. The predicted molar refractivity (Wildman–Crippen MR) is 67.0 cm³/mol. The molecule has 2 aromatic heterocycles. The van der Waals surface area contributed by atoms with E-state index in [-0.39, 0.29) is 0 Å². The number of alkyl halides is 1. The second kappa shape index (κ2) is 5.48. The first-order chi connectivity index (χ1) is 7.85. The van der Waals surface area contributed by atoms with Gasteiger partial charge in [0.1, 0.15) is 5.69 Å². The fraction of sp³-hybridized carbons (Fsp3) is 0.364. The van der Waals surface area contributed by atoms with Crippen molar-refractivity contribution in [2.45, 2.75) is 12.4 Å². The molecule has 0 amide bonds. The molecule has 0 aliphatic carbocycles. The lowest BCUT2D eigenvalue weighted by atomic mass is 10.3. The molecule has 3 nitrogen and oxygen atoms in total. The average molecular weight is 257 g/mol. The average Bonchev–Trinajstić information content (AvgIpc) is 2.94. The Bertz CT molecular complexity index is 439. The summed E-state index contributed by atoms with van der Waals surface area (Å²) < 4.78 is 6.95. The predicted octanol–water partition coefficient (Wildman–Crippen LogP) is 3.00. The fourth-order valence-electron chi connectivity index (χ4n) is 1.48. The number of ether oxygens (including phenoxy) is 1. The van der Waals surface area contributed by atoms with Gasteiger partial charge in [-0.05, 0) is 17.5 Å². The molecule has 16 heavy (non-hydrogen) atoms. The summed E-state index contributed by atoms with van der Waals surface area (Å²) in [6.07, 6.45) is 0. The summed E-state index contributed by atoms with van der Waals surface area (Å²) in [6.45, 7) is 1.39. The number of halogens is 1. The van der Waals surface area contributed by atoms with E-state index in [1.807, 2.05) is 22.2 Å². The van der Waals surface area contributed by atoms with E-state index in [0.717, 1.165) is 17.9 Å². The van der Waals surface area contributed by atoms with Crippen LogP contribution in [0, 0.1) is 0 Å². The smallest absolute Gasteiger partial charge is 0.103 e. The Morgan fingerprint density at radius 2 is 2.44 bits per heavy atom. The van der Waals surface area contributed by atoms with E-state index < -0.39 is 0 Å². The van der Waals surface area contributed by atoms with Crippen LogP contribution in [0.5, 0.6) is 0 Å². The number of hydrogen-bond acceptors (Lipinski definition) is 3. The molecular weight excluding hydrogens is 244 g/mol. The first kappa shape index (κ1) is 11.6. The third-order valence-corrected chi connectivity index (χ3v) is 3.45. The van der Waals surface area contributed by atoms with Crippen LogP contribution in [0.4, 0.5) is 0 Å². The molecule has 0 aliphatic heterocycles. The molecule has 0 radical (unpaired) electrons. The Labute approximate surface area is 104 Å². The lowest BCUT2D eigenvalue weighted by Gasteiger charge is -2.03. The van der Waals surface area contributed by atoms with Gasteiger partial charge in [0.25, 0.3) is 0 Å². The molecule has 0 aromatic carbocycles. The van der Waals surface area contributed by atoms with Crippen molar-refractivity contribution in [1.82, 2.24) is 9.78 Å². The van der Waals surface area contributed by atoms with Gasteiger partial charge in [0.2, 0.25) is 0 Å². The summed E-state index contributed by atoms with van der Waals surface area (Å²) in [5.74, 6) is 0.474. The number of thiophene rings is 1. The first-order valence-electron chi connectivity index (χ1n) is 5.00. The van der Waals surface area contributed by atoms with Crippen LogP contribution in [0.2, 0.25) is 0 Å². The minimum absolute atomic E-state index is 0.474. The Kier molecular flexibility index (Phi) is 3.98. The SMILES string of the molecule is COCCn1nc(-c2cccs2)cc1CCl. The Morgan fingerprint density at radius 1 is 1.56 bits per heavy atom. The van der Waals surface area contributed by atoms with Crippen molar-refractivity contribution in [2.24, 2.45) is 0 Å². The molecule has 0 atom stereocenters. The van der Waals surface area contributed by atoms with Gasteiger partial charge >= 0.3 is 0 Å². The van der Waals surface area contributed by atoms with E-state index in [1.165, 1.54) is 4.88 Å². The van der Waals surface area contributed by atoms with E-state index in [1.54, 1.807) is 18.4 Å². The van der Waals surface area contributed by atoms with Crippen molar-refractivity contribution in [2.75, 3.05) is 13.7 Å². The van der Waals surface area contributed by atoms with E-state index in [9.17, 15) is 0 Å². The van der Waals surface area contributed by atoms with Crippen LogP contribution in [0.15, 0.2) is 23.6 Å². The highest BCUT2D eigenvalue weighted by atomic mass is 35.5. The zero-order valence-corrected chi connectivity index (χ0v) is 10.6. The van der Waals surface area contributed by atoms with E-state index in [2.05, 4.69) is 11.2 Å². The minimum Gasteiger partial charge on any atom is -0.383 e. The molecule has 2 heterocycles. The van der Waals surface area contributed by atoms with Crippen molar-refractivity contribution in [1.29, 1.82) is 0 Å². The van der Waals surface area contributed by atoms with E-state index >= 15 is 0 Å². The second-order valence-electron chi connectivity index (χ2n) is 3.35. The van der Waals surface area contributed by atoms with Crippen molar-refractivity contribution in [3.05, 3.63) is 29.3 Å². The van der Waals surface area contributed by atoms with Gasteiger partial charge in [-0.15, -0.1) is 22.9 Å². The maximum absolute atomic E-state index is 5.89. The van der Waals surface area contributed by atoms with Crippen LogP contribution < -0.4 is 0 Å². The molecular formula is C11H13ClN2OS. The summed E-state index contributed by atoms with van der Waals surface area (Å²) >= 11 is 7.57. The Balaban J connectivity index is 2.25. The topological polar surface area (TPSA) is 27.1 Å². The largest absolute Gasteiger partial charge is 0.383 e. The van der Waals surface area contributed by atoms with Crippen LogP contribution in [-0.4, -0.2) is 23.5 Å². The molecule has 86 valence electrons. The van der Waals surface area contributed by atoms with Crippen molar-refractivity contribution in [3.8, 4) is 10.6 Å². The third kappa shape index (κ3) is 2.45. The van der Waals surface area contributed by atoms with Crippen molar-refractivity contribution in [3.63, 3.8) is 0 Å². The third-order valence-electron chi connectivity index (χ3n) is 2.28. The highest BCUT2D eigenvalue weighted by Gasteiger charge is 2.09. The number of rotatable bonds is 5. The molecule has 5 heteroatoms. The molecule has 0 saturated carbocycles. The van der Waals surface area contributed by atoms with E-state index in [4.69, 9.17) is 16.3 Å². The number of methoxy groups -OCH3 is 1. The monoisotopic (exact) mass is 256 g/mol. The number of aromatic nitrogens is 2. The van der Waals surface area contributed by atoms with Gasteiger partial charge in [-0.2, -0.15) is 5.10 Å². The molecule has 0 fully saturated rings. The van der Waals surface area contributed by atoms with Gasteiger partial charge in [0.15, 0.2) is 0 Å². The first-order valence-corrected chi connectivity index (χ1v) is 6.42. The van der Waals surface area contributed by atoms with Crippen LogP contribution in [0.1, 0.15) is 5.69 Å². The fourth-order valence-corrected chi connectivity index (χ4v) is 2.38. The number of nitrogens with zero attached hydrogens (tertiary/aromatic N) is 2. The molecule has 2 aromatic rings.